The fourth-order valence-electron chi connectivity index (χ4n) is 2.86. The Bertz CT molecular complexity index is 327. The maximum Gasteiger partial charge on any atom is 0.0565 e. The van der Waals surface area contributed by atoms with Gasteiger partial charge in [0.1, 0.15) is 0 Å². The van der Waals surface area contributed by atoms with Gasteiger partial charge in [0, 0.05) is 18.2 Å². The molecule has 0 bridgehead atoms. The van der Waals surface area contributed by atoms with Gasteiger partial charge in [-0.2, -0.15) is 0 Å². The van der Waals surface area contributed by atoms with Crippen LogP contribution in [-0.2, 0) is 5.41 Å². The number of hydrogen-bond acceptors (Lipinski definition) is 2. The smallest absolute Gasteiger partial charge is 0.0565 e. The molecule has 3 rings (SSSR count). The van der Waals surface area contributed by atoms with Gasteiger partial charge in [-0.25, -0.2) is 0 Å². The van der Waals surface area contributed by atoms with Crippen molar-refractivity contribution in [1.29, 1.82) is 0 Å². The third-order valence-corrected chi connectivity index (χ3v) is 3.57. The van der Waals surface area contributed by atoms with Crippen molar-refractivity contribution in [2.45, 2.75) is 31.1 Å². The zero-order valence-corrected chi connectivity index (χ0v) is 7.71. The van der Waals surface area contributed by atoms with Gasteiger partial charge in [0.2, 0.25) is 0 Å². The van der Waals surface area contributed by atoms with Crippen molar-refractivity contribution in [3.63, 3.8) is 0 Å². The van der Waals surface area contributed by atoms with Crippen LogP contribution in [0.2, 0.25) is 0 Å². The molecule has 1 aromatic heterocycles. The molecule has 0 radical (unpaired) electrons. The molecular formula is C11H14N2. The average Bonchev–Trinajstić information content (AvgIpc) is 2.78. The molecule has 0 saturated heterocycles. The van der Waals surface area contributed by atoms with Crippen LogP contribution in [-0.4, -0.2) is 11.5 Å². The zero-order valence-electron chi connectivity index (χ0n) is 7.71. The van der Waals surface area contributed by atoms with Crippen LogP contribution in [0.15, 0.2) is 18.5 Å². The lowest BCUT2D eigenvalue weighted by Gasteiger charge is -2.22. The number of nitrogens with zero attached hydrogens (tertiary/aromatic N) is 1. The van der Waals surface area contributed by atoms with Crippen LogP contribution in [0.3, 0.4) is 0 Å². The molecular weight excluding hydrogens is 160 g/mol. The summed E-state index contributed by atoms with van der Waals surface area (Å²) in [6.07, 6.45) is 9.38. The van der Waals surface area contributed by atoms with Crippen LogP contribution in [0.5, 0.6) is 0 Å². The Labute approximate surface area is 78.4 Å². The normalized spacial score (nSPS) is 23.1. The van der Waals surface area contributed by atoms with Crippen molar-refractivity contribution in [1.82, 2.24) is 4.98 Å². The van der Waals surface area contributed by atoms with E-state index in [0.717, 1.165) is 6.54 Å². The first-order chi connectivity index (χ1) is 6.41. The van der Waals surface area contributed by atoms with Gasteiger partial charge in [-0.3, -0.25) is 4.98 Å². The summed E-state index contributed by atoms with van der Waals surface area (Å²) < 4.78 is 0. The predicted octanol–water partition coefficient (Wildman–Crippen LogP) is 2.32. The summed E-state index contributed by atoms with van der Waals surface area (Å²) in [5, 5.41) is 3.47. The number of anilines is 1. The fraction of sp³-hybridized carbons (Fsp3) is 0.545. The van der Waals surface area contributed by atoms with E-state index in [4.69, 9.17) is 0 Å². The van der Waals surface area contributed by atoms with E-state index in [-0.39, 0.29) is 0 Å². The Balaban J connectivity index is 2.11. The molecule has 0 atom stereocenters. The number of fused-ring (bicyclic) bond motifs is 2. The number of rotatable bonds is 0. The van der Waals surface area contributed by atoms with Crippen LogP contribution < -0.4 is 5.32 Å². The summed E-state index contributed by atoms with van der Waals surface area (Å²) in [7, 11) is 0. The highest BCUT2D eigenvalue weighted by Crippen LogP contribution is 2.47. The van der Waals surface area contributed by atoms with Crippen LogP contribution in [0, 0.1) is 0 Å². The second-order valence-corrected chi connectivity index (χ2v) is 4.26. The van der Waals surface area contributed by atoms with Crippen molar-refractivity contribution < 1.29 is 0 Å². The van der Waals surface area contributed by atoms with E-state index in [0.29, 0.717) is 5.41 Å². The largest absolute Gasteiger partial charge is 0.383 e. The van der Waals surface area contributed by atoms with E-state index in [2.05, 4.69) is 16.4 Å². The van der Waals surface area contributed by atoms with Gasteiger partial charge >= 0.3 is 0 Å². The molecule has 2 heteroatoms. The molecule has 1 saturated carbocycles. The van der Waals surface area contributed by atoms with E-state index in [1.54, 1.807) is 0 Å². The van der Waals surface area contributed by atoms with Gasteiger partial charge in [-0.1, -0.05) is 12.8 Å². The van der Waals surface area contributed by atoms with Crippen LogP contribution in [0.4, 0.5) is 5.69 Å². The molecule has 1 aromatic rings. The Morgan fingerprint density at radius 1 is 1.31 bits per heavy atom. The summed E-state index contributed by atoms with van der Waals surface area (Å²) in [5.74, 6) is 0. The third-order valence-electron chi connectivity index (χ3n) is 3.57. The second-order valence-electron chi connectivity index (χ2n) is 4.26. The van der Waals surface area contributed by atoms with Gasteiger partial charge < -0.3 is 5.32 Å². The summed E-state index contributed by atoms with van der Waals surface area (Å²) in [6, 6.07) is 2.20. The second kappa shape index (κ2) is 2.47. The van der Waals surface area contributed by atoms with Crippen molar-refractivity contribution >= 4 is 5.69 Å². The topological polar surface area (TPSA) is 24.9 Å². The van der Waals surface area contributed by atoms with Crippen molar-refractivity contribution in [3.8, 4) is 0 Å². The molecule has 2 nitrogen and oxygen atoms in total. The van der Waals surface area contributed by atoms with Gasteiger partial charge in [0.25, 0.3) is 0 Å². The molecule has 1 spiro atoms. The minimum Gasteiger partial charge on any atom is -0.383 e. The molecule has 13 heavy (non-hydrogen) atoms. The van der Waals surface area contributed by atoms with E-state index in [1.807, 2.05) is 12.4 Å². The molecule has 1 aliphatic heterocycles. The van der Waals surface area contributed by atoms with Crippen molar-refractivity contribution in [2.75, 3.05) is 11.9 Å². The van der Waals surface area contributed by atoms with E-state index >= 15 is 0 Å². The lowest BCUT2D eigenvalue weighted by molar-refractivity contribution is 0.489. The average molecular weight is 174 g/mol. The monoisotopic (exact) mass is 174 g/mol. The van der Waals surface area contributed by atoms with E-state index in [9.17, 15) is 0 Å². The van der Waals surface area contributed by atoms with Crippen molar-refractivity contribution in [3.05, 3.63) is 24.0 Å². The minimum absolute atomic E-state index is 0.471. The fourth-order valence-corrected chi connectivity index (χ4v) is 2.86. The highest BCUT2D eigenvalue weighted by atomic mass is 15.0. The summed E-state index contributed by atoms with van der Waals surface area (Å²) >= 11 is 0. The number of aromatic nitrogens is 1. The standard InChI is InChI=1S/C11H14N2/c1-2-5-11(4-1)8-13-10-7-12-6-3-9(10)11/h3,6-7,13H,1-2,4-5,8H2. The van der Waals surface area contributed by atoms with Gasteiger partial charge in [-0.05, 0) is 24.5 Å². The summed E-state index contributed by atoms with van der Waals surface area (Å²) in [6.45, 7) is 1.13. The summed E-state index contributed by atoms with van der Waals surface area (Å²) in [4.78, 5) is 4.15. The molecule has 0 aromatic carbocycles. The lowest BCUT2D eigenvalue weighted by atomic mass is 9.81. The van der Waals surface area contributed by atoms with Gasteiger partial charge in [0.05, 0.1) is 11.9 Å². The van der Waals surface area contributed by atoms with Crippen molar-refractivity contribution in [2.24, 2.45) is 0 Å². The quantitative estimate of drug-likeness (QED) is 0.653. The number of hydrogen-bond donors (Lipinski definition) is 1. The van der Waals surface area contributed by atoms with Crippen LogP contribution in [0.1, 0.15) is 31.2 Å². The first-order valence-corrected chi connectivity index (χ1v) is 5.09. The van der Waals surface area contributed by atoms with Crippen LogP contribution >= 0.6 is 0 Å². The molecule has 1 aliphatic carbocycles. The first kappa shape index (κ1) is 7.36. The maximum atomic E-state index is 4.15. The maximum absolute atomic E-state index is 4.15. The molecule has 2 aliphatic rings. The Hall–Kier alpha value is -1.05. The minimum atomic E-state index is 0.471. The number of pyridine rings is 1. The first-order valence-electron chi connectivity index (χ1n) is 5.09. The Morgan fingerprint density at radius 2 is 2.15 bits per heavy atom. The Kier molecular flexibility index (Phi) is 1.40. The molecule has 1 fully saturated rings. The van der Waals surface area contributed by atoms with E-state index in [1.165, 1.54) is 36.9 Å². The molecule has 2 heterocycles. The third kappa shape index (κ3) is 0.916. The molecule has 0 unspecified atom stereocenters. The predicted molar refractivity (Wildman–Crippen MR) is 52.9 cm³/mol. The highest BCUT2D eigenvalue weighted by Gasteiger charge is 2.40. The zero-order chi connectivity index (χ0) is 8.73. The molecule has 68 valence electrons. The SMILES string of the molecule is c1cc2c(cn1)NCC21CCCC1. The van der Waals surface area contributed by atoms with Crippen LogP contribution in [0.25, 0.3) is 0 Å². The van der Waals surface area contributed by atoms with E-state index < -0.39 is 0 Å². The van der Waals surface area contributed by atoms with Gasteiger partial charge in [-0.15, -0.1) is 0 Å². The number of nitrogens with one attached hydrogen (secondary N) is 1. The summed E-state index contributed by atoms with van der Waals surface area (Å²) in [5.41, 5.74) is 3.25. The highest BCUT2D eigenvalue weighted by molar-refractivity contribution is 5.59. The molecule has 1 N–H and O–H groups in total. The molecule has 0 amide bonds. The lowest BCUT2D eigenvalue weighted by Crippen LogP contribution is -2.23. The Morgan fingerprint density at radius 3 is 3.00 bits per heavy atom. The van der Waals surface area contributed by atoms with Gasteiger partial charge in [0.15, 0.2) is 0 Å².